The molecule has 9 heteroatoms. The number of pyridine rings is 1. The Labute approximate surface area is 218 Å². The Bertz CT molecular complexity index is 1510. The molecule has 2 amide bonds. The van der Waals surface area contributed by atoms with E-state index in [9.17, 15) is 14.0 Å². The molecule has 0 saturated heterocycles. The second-order valence-corrected chi connectivity index (χ2v) is 9.23. The molecule has 1 aromatic heterocycles. The van der Waals surface area contributed by atoms with Crippen LogP contribution >= 0.6 is 0 Å². The number of anilines is 2. The summed E-state index contributed by atoms with van der Waals surface area (Å²) >= 11 is 0. The molecule has 1 heterocycles. The van der Waals surface area contributed by atoms with Crippen molar-refractivity contribution >= 4 is 34.1 Å². The first kappa shape index (κ1) is 25.3. The second kappa shape index (κ2) is 10.9. The van der Waals surface area contributed by atoms with Gasteiger partial charge in [0.1, 0.15) is 11.6 Å². The highest BCUT2D eigenvalue weighted by atomic mass is 19.1. The molecule has 0 atom stereocenters. The molecule has 194 valence electrons. The summed E-state index contributed by atoms with van der Waals surface area (Å²) in [7, 11) is 0. The molecule has 1 fully saturated rings. The van der Waals surface area contributed by atoms with E-state index in [0.29, 0.717) is 41.7 Å². The van der Waals surface area contributed by atoms with Crippen LogP contribution in [0.15, 0.2) is 66.9 Å². The zero-order chi connectivity index (χ0) is 26.6. The van der Waals surface area contributed by atoms with Gasteiger partial charge >= 0.3 is 0 Å². The van der Waals surface area contributed by atoms with Gasteiger partial charge in [-0.2, -0.15) is 0 Å². The maximum Gasteiger partial charge on any atom is 0.255 e. The number of nitrogens with one attached hydrogen (secondary N) is 3. The smallest absolute Gasteiger partial charge is 0.255 e. The van der Waals surface area contributed by atoms with E-state index in [0.717, 1.165) is 24.6 Å². The van der Waals surface area contributed by atoms with Crippen LogP contribution in [0, 0.1) is 11.6 Å². The van der Waals surface area contributed by atoms with E-state index < -0.39 is 17.5 Å². The number of amides is 2. The molecule has 1 saturated carbocycles. The van der Waals surface area contributed by atoms with Crippen LogP contribution < -0.4 is 21.7 Å². The lowest BCUT2D eigenvalue weighted by atomic mass is 9.98. The monoisotopic (exact) mass is 515 g/mol. The van der Waals surface area contributed by atoms with E-state index >= 15 is 4.39 Å². The van der Waals surface area contributed by atoms with Gasteiger partial charge < -0.3 is 21.7 Å². The van der Waals surface area contributed by atoms with Crippen molar-refractivity contribution in [3.8, 4) is 11.1 Å². The van der Waals surface area contributed by atoms with Gasteiger partial charge in [0, 0.05) is 41.5 Å². The summed E-state index contributed by atoms with van der Waals surface area (Å²) < 4.78 is 30.2. The van der Waals surface area contributed by atoms with Crippen LogP contribution in [0.2, 0.25) is 0 Å². The van der Waals surface area contributed by atoms with E-state index in [1.54, 1.807) is 6.07 Å². The number of halogens is 2. The number of hydrogen-bond donors (Lipinski definition) is 4. The van der Waals surface area contributed by atoms with Gasteiger partial charge in [0.25, 0.3) is 11.8 Å². The van der Waals surface area contributed by atoms with Gasteiger partial charge in [0.15, 0.2) is 0 Å². The molecule has 0 spiro atoms. The third kappa shape index (κ3) is 5.47. The van der Waals surface area contributed by atoms with Gasteiger partial charge in [-0.25, -0.2) is 8.78 Å². The van der Waals surface area contributed by atoms with Gasteiger partial charge in [0.05, 0.1) is 22.3 Å². The molecule has 5 rings (SSSR count). The van der Waals surface area contributed by atoms with Crippen LogP contribution in [0.5, 0.6) is 0 Å². The zero-order valence-electron chi connectivity index (χ0n) is 20.6. The van der Waals surface area contributed by atoms with Crippen LogP contribution in [0.25, 0.3) is 22.0 Å². The number of nitrogens with zero attached hydrogens (tertiary/aromatic N) is 1. The average Bonchev–Trinajstić information content (AvgIpc) is 3.73. The van der Waals surface area contributed by atoms with Gasteiger partial charge in [-0.05, 0) is 61.7 Å². The third-order valence-electron chi connectivity index (χ3n) is 6.35. The summed E-state index contributed by atoms with van der Waals surface area (Å²) in [5.74, 6) is -2.22. The fourth-order valence-corrected chi connectivity index (χ4v) is 4.16. The Hall–Kier alpha value is -4.37. The lowest BCUT2D eigenvalue weighted by Crippen LogP contribution is -2.26. The van der Waals surface area contributed by atoms with Crippen molar-refractivity contribution in [1.29, 1.82) is 0 Å². The van der Waals surface area contributed by atoms with Crippen LogP contribution in [0.3, 0.4) is 0 Å². The summed E-state index contributed by atoms with van der Waals surface area (Å²) in [6.45, 7) is 0.736. The number of rotatable bonds is 9. The van der Waals surface area contributed by atoms with Crippen molar-refractivity contribution in [2.24, 2.45) is 5.73 Å². The van der Waals surface area contributed by atoms with Crippen molar-refractivity contribution in [2.45, 2.75) is 25.3 Å². The van der Waals surface area contributed by atoms with Crippen molar-refractivity contribution in [3.63, 3.8) is 0 Å². The molecular formula is C29H27F2N5O2. The molecule has 0 aliphatic heterocycles. The topological polar surface area (TPSA) is 109 Å². The number of carbonyl (C=O) groups excluding carboxylic acids is 2. The van der Waals surface area contributed by atoms with Gasteiger partial charge in [-0.15, -0.1) is 0 Å². The first-order valence-electron chi connectivity index (χ1n) is 12.5. The van der Waals surface area contributed by atoms with Crippen molar-refractivity contribution in [2.75, 3.05) is 18.4 Å². The lowest BCUT2D eigenvalue weighted by molar-refractivity contribution is 0.0942. The number of benzene rings is 3. The molecule has 4 aromatic rings. The molecular weight excluding hydrogens is 488 g/mol. The van der Waals surface area contributed by atoms with Crippen LogP contribution in [0.4, 0.5) is 20.2 Å². The summed E-state index contributed by atoms with van der Waals surface area (Å²) in [6.07, 6.45) is 3.86. The van der Waals surface area contributed by atoms with Crippen LogP contribution in [-0.4, -0.2) is 35.9 Å². The fraction of sp³-hybridized carbons (Fsp3) is 0.207. The first-order valence-corrected chi connectivity index (χ1v) is 12.5. The van der Waals surface area contributed by atoms with E-state index in [1.165, 1.54) is 24.4 Å². The number of hydrogen-bond acceptors (Lipinski definition) is 5. The number of fused-ring (bicyclic) bond motifs is 1. The first-order chi connectivity index (χ1) is 18.4. The Morgan fingerprint density at radius 1 is 0.947 bits per heavy atom. The molecule has 38 heavy (non-hydrogen) atoms. The van der Waals surface area contributed by atoms with Gasteiger partial charge in [-0.3, -0.25) is 14.6 Å². The van der Waals surface area contributed by atoms with Gasteiger partial charge in [0.2, 0.25) is 0 Å². The van der Waals surface area contributed by atoms with E-state index in [-0.39, 0.29) is 28.6 Å². The predicted octanol–water partition coefficient (Wildman–Crippen LogP) is 4.89. The zero-order valence-corrected chi connectivity index (χ0v) is 20.6. The predicted molar refractivity (Wildman–Crippen MR) is 143 cm³/mol. The molecule has 0 radical (unpaired) electrons. The van der Waals surface area contributed by atoms with Crippen molar-refractivity contribution in [3.05, 3.63) is 89.6 Å². The second-order valence-electron chi connectivity index (χ2n) is 9.23. The Balaban J connectivity index is 1.57. The summed E-state index contributed by atoms with van der Waals surface area (Å²) in [5.41, 5.74) is 7.52. The number of nitrogens with two attached hydrogens (primary N) is 1. The normalized spacial score (nSPS) is 12.8. The van der Waals surface area contributed by atoms with E-state index in [1.807, 2.05) is 30.3 Å². The van der Waals surface area contributed by atoms with Crippen LogP contribution in [-0.2, 0) is 0 Å². The maximum atomic E-state index is 15.2. The number of carbonyl (C=O) groups is 2. The molecule has 3 aromatic carbocycles. The Kier molecular flexibility index (Phi) is 7.28. The minimum atomic E-state index is -0.773. The van der Waals surface area contributed by atoms with Gasteiger partial charge in [-0.1, -0.05) is 24.3 Å². The molecule has 7 nitrogen and oxygen atoms in total. The Morgan fingerprint density at radius 3 is 2.45 bits per heavy atom. The summed E-state index contributed by atoms with van der Waals surface area (Å²) in [4.78, 5) is 29.7. The quantitative estimate of drug-likeness (QED) is 0.237. The molecule has 1 aliphatic rings. The van der Waals surface area contributed by atoms with Crippen molar-refractivity contribution in [1.82, 2.24) is 15.6 Å². The minimum absolute atomic E-state index is 0.115. The average molecular weight is 516 g/mol. The highest BCUT2D eigenvalue weighted by Gasteiger charge is 2.26. The minimum Gasteiger partial charge on any atom is -0.354 e. The third-order valence-corrected chi connectivity index (χ3v) is 6.35. The van der Waals surface area contributed by atoms with E-state index in [2.05, 4.69) is 20.9 Å². The summed E-state index contributed by atoms with van der Waals surface area (Å²) in [6, 6.07) is 16.2. The van der Waals surface area contributed by atoms with Crippen molar-refractivity contribution < 1.29 is 18.4 Å². The maximum absolute atomic E-state index is 15.2. The highest BCUT2D eigenvalue weighted by Crippen LogP contribution is 2.35. The Morgan fingerprint density at radius 2 is 1.74 bits per heavy atom. The highest BCUT2D eigenvalue weighted by molar-refractivity contribution is 6.09. The van der Waals surface area contributed by atoms with Crippen LogP contribution in [0.1, 0.15) is 40.0 Å². The van der Waals surface area contributed by atoms with E-state index in [4.69, 9.17) is 5.73 Å². The molecule has 5 N–H and O–H groups in total. The lowest BCUT2D eigenvalue weighted by Gasteiger charge is -2.16. The number of aromatic nitrogens is 1. The number of para-hydroxylation sites is 1. The largest absolute Gasteiger partial charge is 0.354 e. The molecule has 0 bridgehead atoms. The standard InChI is InChI=1S/C29H27F2N5O2/c30-24-13-17(7-10-20(24)28(37)33-12-4-11-32)21-14-22-26(15-25(21)31)34-16-23(29(38)36-19-8-9-19)27(22)35-18-5-2-1-3-6-18/h1-3,5-7,10,13-16,19H,4,8-9,11-12,32H2,(H,33,37)(H,34,35)(H,36,38). The molecule has 1 aliphatic carbocycles. The summed E-state index contributed by atoms with van der Waals surface area (Å²) in [5, 5.41) is 9.37. The molecule has 0 unspecified atom stereocenters. The fourth-order valence-electron chi connectivity index (χ4n) is 4.16. The SMILES string of the molecule is NCCCNC(=O)c1ccc(-c2cc3c(Nc4ccccc4)c(C(=O)NC4CC4)cnc3cc2F)cc1F.